The maximum atomic E-state index is 11.9. The Balaban J connectivity index is 1.43. The summed E-state index contributed by atoms with van der Waals surface area (Å²) in [6.45, 7) is 3.58. The molecule has 196 valence electrons. The van der Waals surface area contributed by atoms with Crippen LogP contribution >= 0.6 is 12.2 Å². The van der Waals surface area contributed by atoms with Crippen LogP contribution in [0.1, 0.15) is 28.3 Å². The van der Waals surface area contributed by atoms with Gasteiger partial charge in [-0.25, -0.2) is 4.79 Å². The first kappa shape index (κ1) is 25.6. The van der Waals surface area contributed by atoms with E-state index in [2.05, 4.69) is 22.3 Å². The van der Waals surface area contributed by atoms with Crippen molar-refractivity contribution in [2.45, 2.75) is 25.9 Å². The van der Waals surface area contributed by atoms with Crippen LogP contribution in [0.4, 0.5) is 0 Å². The van der Waals surface area contributed by atoms with Crippen molar-refractivity contribution >= 4 is 28.3 Å². The Morgan fingerprint density at radius 3 is 2.58 bits per heavy atom. The van der Waals surface area contributed by atoms with E-state index in [1.54, 1.807) is 20.3 Å². The van der Waals surface area contributed by atoms with E-state index >= 15 is 0 Å². The third-order valence-electron chi connectivity index (χ3n) is 6.88. The van der Waals surface area contributed by atoms with Gasteiger partial charge in [0.05, 0.1) is 20.3 Å². The molecule has 1 aromatic heterocycles. The van der Waals surface area contributed by atoms with Gasteiger partial charge in [0.1, 0.15) is 17.9 Å². The molecule has 0 aliphatic carbocycles. The molecular formula is C30H30N2O5S. The Morgan fingerprint density at radius 1 is 1.05 bits per heavy atom. The molecule has 3 aromatic carbocycles. The van der Waals surface area contributed by atoms with Crippen molar-refractivity contribution in [2.75, 3.05) is 27.4 Å². The molecule has 7 nitrogen and oxygen atoms in total. The number of benzene rings is 3. The normalized spacial score (nSPS) is 14.6. The Labute approximate surface area is 226 Å². The quantitative estimate of drug-likeness (QED) is 0.259. The number of hydrogen-bond donors (Lipinski definition) is 1. The predicted octanol–water partition coefficient (Wildman–Crippen LogP) is 5.17. The molecule has 0 spiro atoms. The van der Waals surface area contributed by atoms with Crippen molar-refractivity contribution in [3.05, 3.63) is 99.4 Å². The van der Waals surface area contributed by atoms with E-state index in [1.165, 1.54) is 11.6 Å². The first-order chi connectivity index (χ1) is 18.5. The highest BCUT2D eigenvalue weighted by Gasteiger charge is 2.31. The standard InChI is InChI=1S/C30H30N2O5S/c1-19-13-29(33)37-26-15-22(9-10-23(19)26)36-18-25-24-16-28(35-3)27(34-2)14-21(24)11-12-32(25)30(38)31-17-20-7-5-4-6-8-20/h4-10,13-16,25H,11-12,17-18H2,1-3H3,(H,31,38)/t25-/m1/s1. The lowest BCUT2D eigenvalue weighted by Crippen LogP contribution is -2.47. The minimum Gasteiger partial charge on any atom is -0.493 e. The summed E-state index contributed by atoms with van der Waals surface area (Å²) < 4.78 is 22.9. The molecule has 1 aliphatic heterocycles. The first-order valence-electron chi connectivity index (χ1n) is 12.5. The zero-order valence-corrected chi connectivity index (χ0v) is 22.5. The number of hydrogen-bond acceptors (Lipinski definition) is 6. The molecule has 8 heteroatoms. The zero-order valence-electron chi connectivity index (χ0n) is 21.7. The summed E-state index contributed by atoms with van der Waals surface area (Å²) in [5, 5.41) is 4.95. The first-order valence-corrected chi connectivity index (χ1v) is 12.9. The molecule has 1 atom stereocenters. The number of rotatable bonds is 7. The van der Waals surface area contributed by atoms with Gasteiger partial charge in [-0.3, -0.25) is 0 Å². The van der Waals surface area contributed by atoms with E-state index in [0.29, 0.717) is 41.1 Å². The van der Waals surface area contributed by atoms with Crippen molar-refractivity contribution < 1.29 is 18.6 Å². The fourth-order valence-corrected chi connectivity index (χ4v) is 5.19. The fourth-order valence-electron chi connectivity index (χ4n) is 4.90. The molecule has 0 fully saturated rings. The van der Waals surface area contributed by atoms with E-state index in [-0.39, 0.29) is 11.7 Å². The summed E-state index contributed by atoms with van der Waals surface area (Å²) in [6, 6.07) is 21.1. The number of thiocarbonyl (C=S) groups is 1. The molecule has 1 aliphatic rings. The summed E-state index contributed by atoms with van der Waals surface area (Å²) in [5.74, 6) is 1.97. The van der Waals surface area contributed by atoms with Crippen LogP contribution in [0.3, 0.4) is 0 Å². The van der Waals surface area contributed by atoms with Crippen molar-refractivity contribution in [1.29, 1.82) is 0 Å². The van der Waals surface area contributed by atoms with Crippen LogP contribution in [-0.4, -0.2) is 37.4 Å². The van der Waals surface area contributed by atoms with Gasteiger partial charge in [0, 0.05) is 30.6 Å². The lowest BCUT2D eigenvalue weighted by molar-refractivity contribution is 0.187. The van der Waals surface area contributed by atoms with Crippen LogP contribution in [0.15, 0.2) is 75.9 Å². The lowest BCUT2D eigenvalue weighted by atomic mass is 9.92. The van der Waals surface area contributed by atoms with Crippen LogP contribution < -0.4 is 25.2 Å². The average molecular weight is 531 g/mol. The third kappa shape index (κ3) is 5.31. The van der Waals surface area contributed by atoms with Crippen LogP contribution in [0.25, 0.3) is 11.0 Å². The lowest BCUT2D eigenvalue weighted by Gasteiger charge is -2.39. The molecule has 0 amide bonds. The number of ether oxygens (including phenoxy) is 3. The van der Waals surface area contributed by atoms with Gasteiger partial charge in [-0.2, -0.15) is 0 Å². The topological polar surface area (TPSA) is 73.2 Å². The minimum absolute atomic E-state index is 0.172. The van der Waals surface area contributed by atoms with E-state index in [0.717, 1.165) is 35.0 Å². The van der Waals surface area contributed by atoms with Gasteiger partial charge < -0.3 is 28.8 Å². The van der Waals surface area contributed by atoms with Crippen LogP contribution in [0.2, 0.25) is 0 Å². The van der Waals surface area contributed by atoms with Crippen molar-refractivity contribution in [1.82, 2.24) is 10.2 Å². The fraction of sp³-hybridized carbons (Fsp3) is 0.267. The van der Waals surface area contributed by atoms with Gasteiger partial charge in [0.25, 0.3) is 0 Å². The molecule has 38 heavy (non-hydrogen) atoms. The monoisotopic (exact) mass is 530 g/mol. The van der Waals surface area contributed by atoms with E-state index < -0.39 is 0 Å². The Morgan fingerprint density at radius 2 is 1.82 bits per heavy atom. The summed E-state index contributed by atoms with van der Waals surface area (Å²) in [4.78, 5) is 14.1. The van der Waals surface area contributed by atoms with Crippen molar-refractivity contribution in [3.8, 4) is 17.2 Å². The average Bonchev–Trinajstić information content (AvgIpc) is 2.93. The van der Waals surface area contributed by atoms with E-state index in [9.17, 15) is 4.79 Å². The Hall–Kier alpha value is -4.04. The van der Waals surface area contributed by atoms with E-state index in [4.69, 9.17) is 30.8 Å². The van der Waals surface area contributed by atoms with Crippen molar-refractivity contribution in [3.63, 3.8) is 0 Å². The Bertz CT molecular complexity index is 1520. The smallest absolute Gasteiger partial charge is 0.336 e. The van der Waals surface area contributed by atoms with Gasteiger partial charge in [-0.05, 0) is 72.1 Å². The van der Waals surface area contributed by atoms with Crippen molar-refractivity contribution in [2.24, 2.45) is 0 Å². The highest BCUT2D eigenvalue weighted by atomic mass is 32.1. The van der Waals surface area contributed by atoms with Gasteiger partial charge in [0.2, 0.25) is 0 Å². The largest absolute Gasteiger partial charge is 0.493 e. The third-order valence-corrected chi connectivity index (χ3v) is 7.26. The molecule has 1 N–H and O–H groups in total. The second kappa shape index (κ2) is 11.1. The molecule has 0 bridgehead atoms. The second-order valence-corrected chi connectivity index (χ2v) is 9.61. The maximum absolute atomic E-state index is 11.9. The number of nitrogens with one attached hydrogen (secondary N) is 1. The zero-order chi connectivity index (χ0) is 26.6. The molecule has 2 heterocycles. The highest BCUT2D eigenvalue weighted by Crippen LogP contribution is 2.38. The Kier molecular flexibility index (Phi) is 7.51. The van der Waals surface area contributed by atoms with Gasteiger partial charge >= 0.3 is 5.63 Å². The van der Waals surface area contributed by atoms with Crippen LogP contribution in [0.5, 0.6) is 17.2 Å². The summed E-state index contributed by atoms with van der Waals surface area (Å²) in [7, 11) is 3.27. The number of aryl methyl sites for hydroxylation is 1. The SMILES string of the molecule is COc1cc2c(cc1OC)[C@@H](COc1ccc3c(C)cc(=O)oc3c1)N(C(=S)NCc1ccccc1)CC2. The second-order valence-electron chi connectivity index (χ2n) is 9.23. The van der Waals surface area contributed by atoms with Gasteiger partial charge in [0.15, 0.2) is 16.6 Å². The molecule has 4 aromatic rings. The summed E-state index contributed by atoms with van der Waals surface area (Å²) in [6.07, 6.45) is 0.805. The maximum Gasteiger partial charge on any atom is 0.336 e. The number of fused-ring (bicyclic) bond motifs is 2. The van der Waals surface area contributed by atoms with Gasteiger partial charge in [-0.15, -0.1) is 0 Å². The number of nitrogens with zero attached hydrogens (tertiary/aromatic N) is 1. The highest BCUT2D eigenvalue weighted by molar-refractivity contribution is 7.80. The predicted molar refractivity (Wildman–Crippen MR) is 151 cm³/mol. The molecule has 0 saturated carbocycles. The molecule has 5 rings (SSSR count). The molecule has 0 unspecified atom stereocenters. The molecule has 0 saturated heterocycles. The minimum atomic E-state index is -0.379. The molecular weight excluding hydrogens is 500 g/mol. The number of methoxy groups -OCH3 is 2. The molecule has 0 radical (unpaired) electrons. The van der Waals surface area contributed by atoms with Gasteiger partial charge in [-0.1, -0.05) is 30.3 Å². The van der Waals surface area contributed by atoms with Crippen LogP contribution in [0, 0.1) is 6.92 Å². The summed E-state index contributed by atoms with van der Waals surface area (Å²) >= 11 is 5.87. The summed E-state index contributed by atoms with van der Waals surface area (Å²) in [5.41, 5.74) is 4.38. The van der Waals surface area contributed by atoms with E-state index in [1.807, 2.05) is 49.4 Å². The van der Waals surface area contributed by atoms with Crippen LogP contribution in [-0.2, 0) is 13.0 Å².